The van der Waals surface area contributed by atoms with Gasteiger partial charge < -0.3 is 5.73 Å². The number of rotatable bonds is 1. The molecule has 0 spiro atoms. The standard InChI is InChI=1S/C11H17N3/c1-7-4-11(12)14(13-7)10-6-8-2-3-9(10)5-8/h4,8-10H,2-3,5-6,12H2,1H3. The van der Waals surface area contributed by atoms with Crippen molar-refractivity contribution in [3.63, 3.8) is 0 Å². The van der Waals surface area contributed by atoms with Crippen molar-refractivity contribution < 1.29 is 0 Å². The van der Waals surface area contributed by atoms with Gasteiger partial charge in [-0.15, -0.1) is 0 Å². The van der Waals surface area contributed by atoms with Gasteiger partial charge in [-0.2, -0.15) is 5.10 Å². The van der Waals surface area contributed by atoms with Crippen LogP contribution in [0.1, 0.15) is 37.4 Å². The quantitative estimate of drug-likeness (QED) is 0.739. The lowest BCUT2D eigenvalue weighted by Gasteiger charge is -2.22. The van der Waals surface area contributed by atoms with Gasteiger partial charge in [0.15, 0.2) is 0 Å². The Labute approximate surface area is 84.3 Å². The number of anilines is 1. The minimum Gasteiger partial charge on any atom is -0.384 e. The second kappa shape index (κ2) is 2.75. The zero-order valence-electron chi connectivity index (χ0n) is 8.61. The molecule has 3 atom stereocenters. The highest BCUT2D eigenvalue weighted by atomic mass is 15.3. The minimum absolute atomic E-state index is 0.599. The van der Waals surface area contributed by atoms with Crippen molar-refractivity contribution in [1.82, 2.24) is 9.78 Å². The maximum absolute atomic E-state index is 5.95. The number of nitrogens with zero attached hydrogens (tertiary/aromatic N) is 2. The zero-order chi connectivity index (χ0) is 9.71. The van der Waals surface area contributed by atoms with Crippen LogP contribution in [0.25, 0.3) is 0 Å². The maximum Gasteiger partial charge on any atom is 0.122 e. The molecular weight excluding hydrogens is 174 g/mol. The smallest absolute Gasteiger partial charge is 0.122 e. The maximum atomic E-state index is 5.95. The molecule has 3 heteroatoms. The van der Waals surface area contributed by atoms with Gasteiger partial charge in [0.2, 0.25) is 0 Å². The fourth-order valence-corrected chi connectivity index (χ4v) is 3.31. The van der Waals surface area contributed by atoms with Gasteiger partial charge in [-0.05, 0) is 38.0 Å². The molecule has 14 heavy (non-hydrogen) atoms. The highest BCUT2D eigenvalue weighted by molar-refractivity contribution is 5.31. The van der Waals surface area contributed by atoms with Crippen LogP contribution in [0.2, 0.25) is 0 Å². The lowest BCUT2D eigenvalue weighted by atomic mass is 9.95. The third-order valence-electron chi connectivity index (χ3n) is 3.90. The van der Waals surface area contributed by atoms with Crippen LogP contribution in [0.5, 0.6) is 0 Å². The number of aromatic nitrogens is 2. The molecule has 3 unspecified atom stereocenters. The number of hydrogen-bond acceptors (Lipinski definition) is 2. The molecule has 0 aliphatic heterocycles. The van der Waals surface area contributed by atoms with Crippen molar-refractivity contribution >= 4 is 5.82 Å². The molecule has 2 N–H and O–H groups in total. The summed E-state index contributed by atoms with van der Waals surface area (Å²) in [7, 11) is 0. The lowest BCUT2D eigenvalue weighted by molar-refractivity contribution is 0.309. The summed E-state index contributed by atoms with van der Waals surface area (Å²) in [6, 6.07) is 2.58. The first kappa shape index (κ1) is 8.33. The molecule has 0 saturated heterocycles. The van der Waals surface area contributed by atoms with Gasteiger partial charge >= 0.3 is 0 Å². The van der Waals surface area contributed by atoms with Crippen LogP contribution >= 0.6 is 0 Å². The molecule has 2 bridgehead atoms. The highest BCUT2D eigenvalue weighted by Crippen LogP contribution is 2.50. The van der Waals surface area contributed by atoms with E-state index in [1.54, 1.807) is 0 Å². The number of nitrogens with two attached hydrogens (primary N) is 1. The Morgan fingerprint density at radius 2 is 2.29 bits per heavy atom. The molecule has 2 aliphatic carbocycles. The van der Waals surface area contributed by atoms with Crippen molar-refractivity contribution in [1.29, 1.82) is 0 Å². The predicted molar refractivity (Wildman–Crippen MR) is 55.9 cm³/mol. The van der Waals surface area contributed by atoms with Gasteiger partial charge in [0.05, 0.1) is 11.7 Å². The molecule has 0 radical (unpaired) electrons. The van der Waals surface area contributed by atoms with E-state index in [0.717, 1.165) is 23.3 Å². The number of nitrogen functional groups attached to an aromatic ring is 1. The van der Waals surface area contributed by atoms with Crippen LogP contribution in [0.4, 0.5) is 5.82 Å². The van der Waals surface area contributed by atoms with Gasteiger partial charge in [0.1, 0.15) is 5.82 Å². The van der Waals surface area contributed by atoms with Crippen molar-refractivity contribution in [2.24, 2.45) is 11.8 Å². The third-order valence-corrected chi connectivity index (χ3v) is 3.90. The monoisotopic (exact) mass is 191 g/mol. The van der Waals surface area contributed by atoms with E-state index >= 15 is 0 Å². The Hall–Kier alpha value is -0.990. The average Bonchev–Trinajstić information content (AvgIpc) is 2.79. The van der Waals surface area contributed by atoms with Crippen LogP contribution in [-0.2, 0) is 0 Å². The molecule has 76 valence electrons. The summed E-state index contributed by atoms with van der Waals surface area (Å²) in [6.45, 7) is 2.01. The van der Waals surface area contributed by atoms with Crippen LogP contribution < -0.4 is 5.73 Å². The van der Waals surface area contributed by atoms with Crippen LogP contribution in [0.15, 0.2) is 6.07 Å². The summed E-state index contributed by atoms with van der Waals surface area (Å²) in [5.41, 5.74) is 7.00. The van der Waals surface area contributed by atoms with Gasteiger partial charge in [0.25, 0.3) is 0 Å². The van der Waals surface area contributed by atoms with E-state index in [2.05, 4.69) is 9.78 Å². The largest absolute Gasteiger partial charge is 0.384 e. The van der Waals surface area contributed by atoms with Crippen molar-refractivity contribution in [2.45, 2.75) is 38.6 Å². The van der Waals surface area contributed by atoms with E-state index in [1.807, 2.05) is 13.0 Å². The third kappa shape index (κ3) is 1.08. The molecule has 1 aromatic heterocycles. The zero-order valence-corrected chi connectivity index (χ0v) is 8.61. The van der Waals surface area contributed by atoms with Crippen molar-refractivity contribution in [2.75, 3.05) is 5.73 Å². The summed E-state index contributed by atoms with van der Waals surface area (Å²) >= 11 is 0. The van der Waals surface area contributed by atoms with Gasteiger partial charge in [-0.25, -0.2) is 4.68 Å². The van der Waals surface area contributed by atoms with E-state index < -0.39 is 0 Å². The SMILES string of the molecule is Cc1cc(N)n(C2CC3CCC2C3)n1. The molecular formula is C11H17N3. The van der Waals surface area contributed by atoms with E-state index in [4.69, 9.17) is 5.73 Å². The average molecular weight is 191 g/mol. The van der Waals surface area contributed by atoms with Crippen LogP contribution in [0, 0.1) is 18.8 Å². The van der Waals surface area contributed by atoms with E-state index in [0.29, 0.717) is 6.04 Å². The van der Waals surface area contributed by atoms with E-state index in [1.165, 1.54) is 25.7 Å². The Bertz CT molecular complexity index is 355. The lowest BCUT2D eigenvalue weighted by Crippen LogP contribution is -2.19. The summed E-state index contributed by atoms with van der Waals surface area (Å²) in [6.07, 6.45) is 5.52. The molecule has 2 fully saturated rings. The Morgan fingerprint density at radius 1 is 1.43 bits per heavy atom. The number of hydrogen-bond donors (Lipinski definition) is 1. The molecule has 2 saturated carbocycles. The Morgan fingerprint density at radius 3 is 2.79 bits per heavy atom. The molecule has 0 amide bonds. The van der Waals surface area contributed by atoms with Gasteiger partial charge in [0, 0.05) is 6.07 Å². The summed E-state index contributed by atoms with van der Waals surface area (Å²) in [4.78, 5) is 0. The molecule has 3 nitrogen and oxygen atoms in total. The minimum atomic E-state index is 0.599. The normalized spacial score (nSPS) is 35.4. The number of fused-ring (bicyclic) bond motifs is 2. The van der Waals surface area contributed by atoms with Crippen molar-refractivity contribution in [3.05, 3.63) is 11.8 Å². The first-order chi connectivity index (χ1) is 6.74. The van der Waals surface area contributed by atoms with E-state index in [-0.39, 0.29) is 0 Å². The predicted octanol–water partition coefficient (Wildman–Crippen LogP) is 2.13. The topological polar surface area (TPSA) is 43.8 Å². The summed E-state index contributed by atoms with van der Waals surface area (Å²) in [5.74, 6) is 2.65. The first-order valence-corrected chi connectivity index (χ1v) is 5.55. The molecule has 2 aliphatic rings. The van der Waals surface area contributed by atoms with Gasteiger partial charge in [-0.3, -0.25) is 0 Å². The van der Waals surface area contributed by atoms with E-state index in [9.17, 15) is 0 Å². The van der Waals surface area contributed by atoms with Crippen LogP contribution in [-0.4, -0.2) is 9.78 Å². The fourth-order valence-electron chi connectivity index (χ4n) is 3.31. The second-order valence-corrected chi connectivity index (χ2v) is 4.90. The van der Waals surface area contributed by atoms with Crippen LogP contribution in [0.3, 0.4) is 0 Å². The fraction of sp³-hybridized carbons (Fsp3) is 0.727. The molecule has 0 aromatic carbocycles. The second-order valence-electron chi connectivity index (χ2n) is 4.90. The molecule has 1 aromatic rings. The summed E-state index contributed by atoms with van der Waals surface area (Å²) in [5, 5.41) is 4.50. The van der Waals surface area contributed by atoms with Crippen molar-refractivity contribution in [3.8, 4) is 0 Å². The molecule has 1 heterocycles. The highest BCUT2D eigenvalue weighted by Gasteiger charge is 2.41. The molecule has 3 rings (SSSR count). The first-order valence-electron chi connectivity index (χ1n) is 5.55. The summed E-state index contributed by atoms with van der Waals surface area (Å²) < 4.78 is 2.07. The number of aryl methyl sites for hydroxylation is 1. The van der Waals surface area contributed by atoms with Gasteiger partial charge in [-0.1, -0.05) is 6.42 Å². The Kier molecular flexibility index (Phi) is 1.64. The Balaban J connectivity index is 1.92.